The second kappa shape index (κ2) is 6.00. The van der Waals surface area contributed by atoms with Crippen LogP contribution >= 0.6 is 11.8 Å². The predicted octanol–water partition coefficient (Wildman–Crippen LogP) is 3.24. The van der Waals surface area contributed by atoms with Gasteiger partial charge in [-0.15, -0.1) is 0 Å². The van der Waals surface area contributed by atoms with E-state index in [-0.39, 0.29) is 16.0 Å². The number of rotatable bonds is 3. The van der Waals surface area contributed by atoms with E-state index >= 15 is 0 Å². The molecule has 26 heavy (non-hydrogen) atoms. The number of nitrogens with zero attached hydrogens (tertiary/aromatic N) is 2. The van der Waals surface area contributed by atoms with Gasteiger partial charge in [0, 0.05) is 18.6 Å². The van der Waals surface area contributed by atoms with Gasteiger partial charge in [-0.05, 0) is 41.6 Å². The second-order valence-electron chi connectivity index (χ2n) is 5.87. The normalized spacial score (nSPS) is 18.0. The fourth-order valence-corrected chi connectivity index (χ4v) is 5.41. The van der Waals surface area contributed by atoms with Gasteiger partial charge >= 0.3 is 0 Å². The molecule has 1 fully saturated rings. The third-order valence-electron chi connectivity index (χ3n) is 4.36. The summed E-state index contributed by atoms with van der Waals surface area (Å²) in [5, 5.41) is -0.333. The van der Waals surface area contributed by atoms with Crippen LogP contribution in [0.4, 0.5) is 4.79 Å². The first kappa shape index (κ1) is 16.9. The molecular formula is C18H14N2O4S2. The highest BCUT2D eigenvalue weighted by atomic mass is 32.2. The largest absolute Gasteiger partial charge is 0.289 e. The van der Waals surface area contributed by atoms with Crippen LogP contribution < -0.4 is 0 Å². The van der Waals surface area contributed by atoms with E-state index in [1.54, 1.807) is 42.5 Å². The first-order valence-electron chi connectivity index (χ1n) is 7.80. The van der Waals surface area contributed by atoms with Crippen molar-refractivity contribution in [2.45, 2.75) is 10.1 Å². The van der Waals surface area contributed by atoms with Crippen LogP contribution in [-0.4, -0.2) is 35.5 Å². The monoisotopic (exact) mass is 386 g/mol. The van der Waals surface area contributed by atoms with Crippen molar-refractivity contribution in [3.63, 3.8) is 0 Å². The molecule has 1 saturated heterocycles. The molecule has 2 aromatic carbocycles. The summed E-state index contributed by atoms with van der Waals surface area (Å²) in [7, 11) is -2.30. The minimum atomic E-state index is -3.75. The van der Waals surface area contributed by atoms with Crippen LogP contribution in [0, 0.1) is 0 Å². The summed E-state index contributed by atoms with van der Waals surface area (Å²) >= 11 is 0.942. The number of hydrogen-bond donors (Lipinski definition) is 0. The molecule has 0 N–H and O–H groups in total. The Balaban J connectivity index is 1.87. The molecule has 3 aromatic rings. The zero-order valence-corrected chi connectivity index (χ0v) is 15.3. The molecule has 0 spiro atoms. The third kappa shape index (κ3) is 2.45. The van der Waals surface area contributed by atoms with Gasteiger partial charge in [-0.2, -0.15) is 0 Å². The first-order valence-corrected chi connectivity index (χ1v) is 10.1. The topological polar surface area (TPSA) is 76.5 Å². The van der Waals surface area contributed by atoms with Crippen LogP contribution in [0.5, 0.6) is 0 Å². The van der Waals surface area contributed by atoms with Gasteiger partial charge in [-0.1, -0.05) is 30.3 Å². The summed E-state index contributed by atoms with van der Waals surface area (Å²) in [5.41, 5.74) is 1.11. The summed E-state index contributed by atoms with van der Waals surface area (Å²) in [4.78, 5) is 25.4. The highest BCUT2D eigenvalue weighted by Gasteiger charge is 2.39. The number of carbonyl (C=O) groups is 2. The molecule has 6 nitrogen and oxygen atoms in total. The average Bonchev–Trinajstić information content (AvgIpc) is 3.20. The fraction of sp³-hybridized carbons (Fsp3) is 0.111. The summed E-state index contributed by atoms with van der Waals surface area (Å²) < 4.78 is 27.1. The Morgan fingerprint density at radius 1 is 0.962 bits per heavy atom. The zero-order valence-electron chi connectivity index (χ0n) is 13.7. The smallest absolute Gasteiger partial charge is 0.275 e. The Kier molecular flexibility index (Phi) is 3.89. The van der Waals surface area contributed by atoms with Gasteiger partial charge in [0.1, 0.15) is 5.25 Å². The lowest BCUT2D eigenvalue weighted by atomic mass is 10.1. The summed E-state index contributed by atoms with van der Waals surface area (Å²) in [6, 6.07) is 15.0. The molecule has 1 aromatic heterocycles. The second-order valence-corrected chi connectivity index (χ2v) is 8.74. The number of aromatic nitrogens is 1. The Labute approximate surface area is 154 Å². The van der Waals surface area contributed by atoms with E-state index in [0.29, 0.717) is 16.5 Å². The number of hydrogen-bond acceptors (Lipinski definition) is 5. The predicted molar refractivity (Wildman–Crippen MR) is 99.5 cm³/mol. The van der Waals surface area contributed by atoms with E-state index in [1.807, 2.05) is 0 Å². The summed E-state index contributed by atoms with van der Waals surface area (Å²) in [6.45, 7) is 0. The quantitative estimate of drug-likeness (QED) is 0.691. The fourth-order valence-electron chi connectivity index (χ4n) is 3.00. The highest BCUT2D eigenvalue weighted by molar-refractivity contribution is 8.15. The Bertz CT molecular complexity index is 1140. The molecule has 1 aliphatic heterocycles. The van der Waals surface area contributed by atoms with Crippen molar-refractivity contribution < 1.29 is 18.0 Å². The van der Waals surface area contributed by atoms with Crippen molar-refractivity contribution in [3.05, 3.63) is 66.4 Å². The van der Waals surface area contributed by atoms with Gasteiger partial charge in [0.15, 0.2) is 0 Å². The van der Waals surface area contributed by atoms with Gasteiger partial charge < -0.3 is 0 Å². The lowest BCUT2D eigenvalue weighted by Crippen LogP contribution is -2.24. The van der Waals surface area contributed by atoms with E-state index in [4.69, 9.17) is 0 Å². The van der Waals surface area contributed by atoms with Crippen LogP contribution in [0.1, 0.15) is 10.8 Å². The molecule has 2 amide bonds. The van der Waals surface area contributed by atoms with Crippen molar-refractivity contribution in [2.24, 2.45) is 0 Å². The van der Waals surface area contributed by atoms with E-state index in [9.17, 15) is 18.0 Å². The number of carbonyl (C=O) groups excluding carboxylic acids is 2. The first-order chi connectivity index (χ1) is 12.4. The minimum Gasteiger partial charge on any atom is -0.275 e. The number of benzene rings is 2. The Morgan fingerprint density at radius 2 is 1.69 bits per heavy atom. The molecule has 4 rings (SSSR count). The lowest BCUT2D eigenvalue weighted by Gasteiger charge is -2.11. The Morgan fingerprint density at radius 3 is 2.35 bits per heavy atom. The zero-order chi connectivity index (χ0) is 18.5. The Hall–Kier alpha value is -2.58. The molecule has 0 radical (unpaired) electrons. The van der Waals surface area contributed by atoms with Crippen molar-refractivity contribution in [1.82, 2.24) is 8.87 Å². The van der Waals surface area contributed by atoms with Gasteiger partial charge in [-0.3, -0.25) is 14.5 Å². The van der Waals surface area contributed by atoms with Gasteiger partial charge in [-0.25, -0.2) is 12.4 Å². The molecule has 0 bridgehead atoms. The van der Waals surface area contributed by atoms with E-state index in [0.717, 1.165) is 16.7 Å². The van der Waals surface area contributed by atoms with Crippen molar-refractivity contribution in [2.75, 3.05) is 7.05 Å². The average molecular weight is 386 g/mol. The van der Waals surface area contributed by atoms with Crippen molar-refractivity contribution in [1.29, 1.82) is 0 Å². The highest BCUT2D eigenvalue weighted by Crippen LogP contribution is 2.41. The molecule has 1 aliphatic rings. The summed E-state index contributed by atoms with van der Waals surface area (Å²) in [6.07, 6.45) is 1.48. The van der Waals surface area contributed by atoms with E-state index in [2.05, 4.69) is 0 Å². The lowest BCUT2D eigenvalue weighted by molar-refractivity contribution is -0.125. The van der Waals surface area contributed by atoms with Gasteiger partial charge in [0.05, 0.1) is 10.4 Å². The molecule has 2 heterocycles. The van der Waals surface area contributed by atoms with Crippen LogP contribution in [-0.2, 0) is 14.8 Å². The van der Waals surface area contributed by atoms with Crippen LogP contribution in [0.15, 0.2) is 65.7 Å². The van der Waals surface area contributed by atoms with E-state index in [1.165, 1.54) is 29.3 Å². The van der Waals surface area contributed by atoms with Gasteiger partial charge in [0.2, 0.25) is 5.91 Å². The molecule has 0 saturated carbocycles. The molecular weight excluding hydrogens is 372 g/mol. The number of imide groups is 1. The standard InChI is InChI=1S/C18H14N2O4S2/c1-19-17(21)16(25-18(19)22)14-8-5-9-15-13(14)10-11-20(15)26(23,24)12-6-3-2-4-7-12/h2-11,16H,1H3. The summed E-state index contributed by atoms with van der Waals surface area (Å²) in [5.74, 6) is -0.300. The number of likely N-dealkylation sites (N-methyl/N-ethyl adjacent to an activating group) is 1. The third-order valence-corrected chi connectivity index (χ3v) is 7.23. The molecule has 8 heteroatoms. The molecule has 0 aliphatic carbocycles. The molecule has 1 atom stereocenters. The maximum atomic E-state index is 12.9. The number of thioether (sulfide) groups is 1. The van der Waals surface area contributed by atoms with E-state index < -0.39 is 15.3 Å². The number of amides is 2. The van der Waals surface area contributed by atoms with Crippen molar-refractivity contribution >= 4 is 43.8 Å². The van der Waals surface area contributed by atoms with Crippen LogP contribution in [0.3, 0.4) is 0 Å². The maximum absolute atomic E-state index is 12.9. The van der Waals surface area contributed by atoms with Gasteiger partial charge in [0.25, 0.3) is 15.3 Å². The minimum absolute atomic E-state index is 0.184. The molecule has 132 valence electrons. The molecule has 1 unspecified atom stereocenters. The van der Waals surface area contributed by atoms with Crippen molar-refractivity contribution in [3.8, 4) is 0 Å². The maximum Gasteiger partial charge on any atom is 0.289 e. The van der Waals surface area contributed by atoms with Crippen LogP contribution in [0.2, 0.25) is 0 Å². The van der Waals surface area contributed by atoms with Crippen LogP contribution in [0.25, 0.3) is 10.9 Å². The number of fused-ring (bicyclic) bond motifs is 1. The SMILES string of the molecule is CN1C(=O)SC(c2cccc3c2ccn3S(=O)(=O)c2ccccc2)C1=O.